The third-order valence-electron chi connectivity index (χ3n) is 3.11. The molecule has 0 aliphatic heterocycles. The van der Waals surface area contributed by atoms with E-state index in [0.717, 1.165) is 0 Å². The van der Waals surface area contributed by atoms with E-state index in [-0.39, 0.29) is 12.0 Å². The maximum absolute atomic E-state index is 12.4. The first kappa shape index (κ1) is 16.7. The molecule has 0 unspecified atom stereocenters. The second-order valence-corrected chi connectivity index (χ2v) is 5.22. The average Bonchev–Trinajstić information content (AvgIpc) is 2.53. The number of rotatable bonds is 6. The molecule has 0 atom stereocenters. The number of amides is 1. The monoisotopic (exact) mass is 315 g/mol. The maximum Gasteiger partial charge on any atom is 0.255 e. The van der Waals surface area contributed by atoms with Crippen molar-refractivity contribution in [2.24, 2.45) is 0 Å². The van der Waals surface area contributed by atoms with Gasteiger partial charge in [0.25, 0.3) is 5.91 Å². The summed E-state index contributed by atoms with van der Waals surface area (Å²) in [6.07, 6.45) is 0.0757. The zero-order valence-corrected chi connectivity index (χ0v) is 13.8. The summed E-state index contributed by atoms with van der Waals surface area (Å²) < 4.78 is 16.0. The van der Waals surface area contributed by atoms with Crippen molar-refractivity contribution >= 4 is 11.6 Å². The standard InChI is InChI=1S/C18H21NO4/c1-12(2)23-15-7-5-6-14(11-15)19-18(20)13-8-9-16(21-3)17(10-13)22-4/h5-12H,1-4H3,(H,19,20). The number of nitrogens with one attached hydrogen (secondary N) is 1. The summed E-state index contributed by atoms with van der Waals surface area (Å²) in [6, 6.07) is 12.3. The summed E-state index contributed by atoms with van der Waals surface area (Å²) >= 11 is 0. The molecule has 5 heteroatoms. The van der Waals surface area contributed by atoms with E-state index in [4.69, 9.17) is 14.2 Å². The van der Waals surface area contributed by atoms with Gasteiger partial charge >= 0.3 is 0 Å². The van der Waals surface area contributed by atoms with E-state index in [0.29, 0.717) is 28.5 Å². The Kier molecular flexibility index (Phi) is 5.46. The molecule has 0 bridgehead atoms. The highest BCUT2D eigenvalue weighted by molar-refractivity contribution is 6.04. The molecule has 0 fully saturated rings. The van der Waals surface area contributed by atoms with Gasteiger partial charge in [-0.2, -0.15) is 0 Å². The summed E-state index contributed by atoms with van der Waals surface area (Å²) in [5, 5.41) is 2.85. The van der Waals surface area contributed by atoms with Crippen LogP contribution in [0, 0.1) is 0 Å². The Labute approximate surface area is 136 Å². The molecular formula is C18H21NO4. The lowest BCUT2D eigenvalue weighted by molar-refractivity contribution is 0.102. The van der Waals surface area contributed by atoms with Gasteiger partial charge in [0.1, 0.15) is 5.75 Å². The van der Waals surface area contributed by atoms with Crippen LogP contribution in [0.2, 0.25) is 0 Å². The van der Waals surface area contributed by atoms with Gasteiger partial charge in [-0.3, -0.25) is 4.79 Å². The molecule has 0 aromatic heterocycles. The molecule has 0 radical (unpaired) electrons. The van der Waals surface area contributed by atoms with E-state index < -0.39 is 0 Å². The van der Waals surface area contributed by atoms with Gasteiger partial charge in [0.15, 0.2) is 11.5 Å². The number of carbonyl (C=O) groups excluding carboxylic acids is 1. The molecule has 0 saturated heterocycles. The average molecular weight is 315 g/mol. The third kappa shape index (κ3) is 4.39. The van der Waals surface area contributed by atoms with Crippen LogP contribution >= 0.6 is 0 Å². The van der Waals surface area contributed by atoms with Gasteiger partial charge in [-0.25, -0.2) is 0 Å². The van der Waals surface area contributed by atoms with Crippen LogP contribution in [0.5, 0.6) is 17.2 Å². The molecule has 5 nitrogen and oxygen atoms in total. The molecule has 0 aliphatic rings. The number of anilines is 1. The zero-order chi connectivity index (χ0) is 16.8. The predicted octanol–water partition coefficient (Wildman–Crippen LogP) is 3.74. The van der Waals surface area contributed by atoms with Crippen molar-refractivity contribution in [3.05, 3.63) is 48.0 Å². The van der Waals surface area contributed by atoms with Gasteiger partial charge in [0.2, 0.25) is 0 Å². The van der Waals surface area contributed by atoms with Crippen LogP contribution in [-0.2, 0) is 0 Å². The third-order valence-corrected chi connectivity index (χ3v) is 3.11. The normalized spacial score (nSPS) is 10.3. The Bertz CT molecular complexity index is 682. The van der Waals surface area contributed by atoms with Crippen molar-refractivity contribution in [1.82, 2.24) is 0 Å². The minimum absolute atomic E-state index is 0.0757. The lowest BCUT2D eigenvalue weighted by Gasteiger charge is -2.12. The highest BCUT2D eigenvalue weighted by atomic mass is 16.5. The number of hydrogen-bond acceptors (Lipinski definition) is 4. The lowest BCUT2D eigenvalue weighted by atomic mass is 10.2. The van der Waals surface area contributed by atoms with E-state index in [1.165, 1.54) is 7.11 Å². The Morgan fingerprint density at radius 2 is 1.74 bits per heavy atom. The summed E-state index contributed by atoms with van der Waals surface area (Å²) in [5.41, 5.74) is 1.15. The number of methoxy groups -OCH3 is 2. The second kappa shape index (κ2) is 7.54. The fraction of sp³-hybridized carbons (Fsp3) is 0.278. The lowest BCUT2D eigenvalue weighted by Crippen LogP contribution is -2.12. The second-order valence-electron chi connectivity index (χ2n) is 5.22. The molecule has 2 aromatic rings. The summed E-state index contributed by atoms with van der Waals surface area (Å²) in [6.45, 7) is 3.91. The largest absolute Gasteiger partial charge is 0.493 e. The van der Waals surface area contributed by atoms with Crippen LogP contribution in [0.3, 0.4) is 0 Å². The quantitative estimate of drug-likeness (QED) is 0.882. The van der Waals surface area contributed by atoms with Gasteiger partial charge in [-0.1, -0.05) is 6.07 Å². The molecular weight excluding hydrogens is 294 g/mol. The van der Waals surface area contributed by atoms with Gasteiger partial charge in [0.05, 0.1) is 20.3 Å². The summed E-state index contributed by atoms with van der Waals surface area (Å²) in [7, 11) is 3.09. The minimum Gasteiger partial charge on any atom is -0.493 e. The summed E-state index contributed by atoms with van der Waals surface area (Å²) in [5.74, 6) is 1.58. The molecule has 2 rings (SSSR count). The number of carbonyl (C=O) groups is 1. The summed E-state index contributed by atoms with van der Waals surface area (Å²) in [4.78, 5) is 12.4. The first-order valence-electron chi connectivity index (χ1n) is 7.33. The van der Waals surface area contributed by atoms with E-state index in [1.807, 2.05) is 32.0 Å². The predicted molar refractivity (Wildman–Crippen MR) is 89.7 cm³/mol. The van der Waals surface area contributed by atoms with Crippen molar-refractivity contribution in [3.8, 4) is 17.2 Å². The van der Waals surface area contributed by atoms with Crippen molar-refractivity contribution in [3.63, 3.8) is 0 Å². The Balaban J connectivity index is 2.16. The Morgan fingerprint density at radius 1 is 1.00 bits per heavy atom. The SMILES string of the molecule is COc1ccc(C(=O)Nc2cccc(OC(C)C)c2)cc1OC. The number of hydrogen-bond donors (Lipinski definition) is 1. The van der Waals surface area contributed by atoms with Gasteiger partial charge in [0, 0.05) is 17.3 Å². The number of benzene rings is 2. The Morgan fingerprint density at radius 3 is 2.39 bits per heavy atom. The first-order chi connectivity index (χ1) is 11.0. The number of ether oxygens (including phenoxy) is 3. The molecule has 1 N–H and O–H groups in total. The van der Waals surface area contributed by atoms with Crippen LogP contribution in [0.25, 0.3) is 0 Å². The molecule has 0 aliphatic carbocycles. The fourth-order valence-corrected chi connectivity index (χ4v) is 2.10. The molecule has 23 heavy (non-hydrogen) atoms. The molecule has 0 heterocycles. The van der Waals surface area contributed by atoms with E-state index >= 15 is 0 Å². The Hall–Kier alpha value is -2.69. The van der Waals surface area contributed by atoms with E-state index in [1.54, 1.807) is 31.4 Å². The zero-order valence-electron chi connectivity index (χ0n) is 13.8. The van der Waals surface area contributed by atoms with E-state index in [9.17, 15) is 4.79 Å². The van der Waals surface area contributed by atoms with Crippen molar-refractivity contribution in [2.75, 3.05) is 19.5 Å². The van der Waals surface area contributed by atoms with Crippen LogP contribution in [0.4, 0.5) is 5.69 Å². The van der Waals surface area contributed by atoms with Crippen molar-refractivity contribution < 1.29 is 19.0 Å². The fourth-order valence-electron chi connectivity index (χ4n) is 2.10. The molecule has 2 aromatic carbocycles. The van der Waals surface area contributed by atoms with Crippen LogP contribution < -0.4 is 19.5 Å². The van der Waals surface area contributed by atoms with Gasteiger partial charge in [-0.05, 0) is 44.2 Å². The molecule has 1 amide bonds. The van der Waals surface area contributed by atoms with E-state index in [2.05, 4.69) is 5.32 Å². The van der Waals surface area contributed by atoms with Crippen molar-refractivity contribution in [2.45, 2.75) is 20.0 Å². The van der Waals surface area contributed by atoms with Crippen LogP contribution in [0.1, 0.15) is 24.2 Å². The maximum atomic E-state index is 12.4. The van der Waals surface area contributed by atoms with Crippen LogP contribution in [0.15, 0.2) is 42.5 Å². The molecule has 122 valence electrons. The molecule has 0 spiro atoms. The van der Waals surface area contributed by atoms with Gasteiger partial charge in [-0.15, -0.1) is 0 Å². The van der Waals surface area contributed by atoms with Gasteiger partial charge < -0.3 is 19.5 Å². The first-order valence-corrected chi connectivity index (χ1v) is 7.33. The topological polar surface area (TPSA) is 56.8 Å². The highest BCUT2D eigenvalue weighted by Crippen LogP contribution is 2.28. The highest BCUT2D eigenvalue weighted by Gasteiger charge is 2.11. The van der Waals surface area contributed by atoms with Crippen LogP contribution in [-0.4, -0.2) is 26.2 Å². The smallest absolute Gasteiger partial charge is 0.255 e. The van der Waals surface area contributed by atoms with Crippen molar-refractivity contribution in [1.29, 1.82) is 0 Å². The molecule has 0 saturated carbocycles. The minimum atomic E-state index is -0.229.